The van der Waals surface area contributed by atoms with Crippen LogP contribution in [0.25, 0.3) is 0 Å². The van der Waals surface area contributed by atoms with Crippen LogP contribution in [0, 0.1) is 10.1 Å². The predicted octanol–water partition coefficient (Wildman–Crippen LogP) is 1.94. The summed E-state index contributed by atoms with van der Waals surface area (Å²) in [5, 5.41) is 14.5. The predicted molar refractivity (Wildman–Crippen MR) is 72.9 cm³/mol. The maximum Gasteiger partial charge on any atom is 0.311 e. The summed E-state index contributed by atoms with van der Waals surface area (Å²) >= 11 is 3.36. The smallest absolute Gasteiger partial charge is 0.311 e. The summed E-state index contributed by atoms with van der Waals surface area (Å²) in [5.41, 5.74) is 0.667. The number of halogens is 1. The molecule has 0 aromatic carbocycles. The van der Waals surface area contributed by atoms with Crippen molar-refractivity contribution in [2.45, 2.75) is 25.9 Å². The SMILES string of the molecule is CC1CN(c2c(Br)cncc2[N+](=O)[O-])CC(C)N1. The molecule has 1 saturated heterocycles. The second-order valence-corrected chi connectivity index (χ2v) is 5.47. The zero-order valence-electron chi connectivity index (χ0n) is 10.3. The molecule has 2 unspecified atom stereocenters. The van der Waals surface area contributed by atoms with Crippen LogP contribution in [0.5, 0.6) is 0 Å². The van der Waals surface area contributed by atoms with Crippen molar-refractivity contribution in [3.05, 3.63) is 27.0 Å². The molecule has 0 aliphatic carbocycles. The molecule has 0 bridgehead atoms. The summed E-state index contributed by atoms with van der Waals surface area (Å²) in [7, 11) is 0. The fraction of sp³-hybridized carbons (Fsp3) is 0.545. The Morgan fingerprint density at radius 1 is 1.44 bits per heavy atom. The van der Waals surface area contributed by atoms with Crippen LogP contribution in [0.3, 0.4) is 0 Å². The molecular formula is C11H15BrN4O2. The molecule has 2 atom stereocenters. The number of rotatable bonds is 2. The number of hydrogen-bond acceptors (Lipinski definition) is 5. The second kappa shape index (κ2) is 5.19. The highest BCUT2D eigenvalue weighted by atomic mass is 79.9. The average Bonchev–Trinajstić information content (AvgIpc) is 2.26. The van der Waals surface area contributed by atoms with Crippen LogP contribution in [0.1, 0.15) is 13.8 Å². The molecule has 7 heteroatoms. The molecule has 0 spiro atoms. The van der Waals surface area contributed by atoms with Crippen molar-refractivity contribution >= 4 is 27.3 Å². The Morgan fingerprint density at radius 3 is 2.61 bits per heavy atom. The monoisotopic (exact) mass is 314 g/mol. The van der Waals surface area contributed by atoms with Gasteiger partial charge in [-0.3, -0.25) is 15.1 Å². The number of nitro groups is 1. The molecule has 1 fully saturated rings. The van der Waals surface area contributed by atoms with E-state index in [-0.39, 0.29) is 10.6 Å². The third-order valence-electron chi connectivity index (χ3n) is 2.92. The highest BCUT2D eigenvalue weighted by Gasteiger charge is 2.28. The van der Waals surface area contributed by atoms with E-state index in [2.05, 4.69) is 40.1 Å². The van der Waals surface area contributed by atoms with Crippen LogP contribution in [0.4, 0.5) is 11.4 Å². The zero-order chi connectivity index (χ0) is 13.3. The number of nitrogens with zero attached hydrogens (tertiary/aromatic N) is 3. The number of piperazine rings is 1. The van der Waals surface area contributed by atoms with Crippen molar-refractivity contribution in [3.63, 3.8) is 0 Å². The first-order chi connectivity index (χ1) is 8.49. The van der Waals surface area contributed by atoms with Crippen LogP contribution in [-0.4, -0.2) is 35.1 Å². The topological polar surface area (TPSA) is 71.3 Å². The van der Waals surface area contributed by atoms with Crippen molar-refractivity contribution in [2.75, 3.05) is 18.0 Å². The molecule has 1 N–H and O–H groups in total. The lowest BCUT2D eigenvalue weighted by molar-refractivity contribution is -0.384. The first-order valence-corrected chi connectivity index (χ1v) is 6.57. The zero-order valence-corrected chi connectivity index (χ0v) is 11.8. The molecule has 18 heavy (non-hydrogen) atoms. The minimum atomic E-state index is -0.384. The van der Waals surface area contributed by atoms with Gasteiger partial charge in [-0.25, -0.2) is 0 Å². The lowest BCUT2D eigenvalue weighted by Crippen LogP contribution is -2.54. The summed E-state index contributed by atoms with van der Waals surface area (Å²) in [5.74, 6) is 0. The molecule has 2 rings (SSSR count). The summed E-state index contributed by atoms with van der Waals surface area (Å²) in [6.45, 7) is 5.63. The van der Waals surface area contributed by atoms with Crippen molar-refractivity contribution in [3.8, 4) is 0 Å². The van der Waals surface area contributed by atoms with E-state index in [4.69, 9.17) is 0 Å². The summed E-state index contributed by atoms with van der Waals surface area (Å²) in [4.78, 5) is 16.6. The van der Waals surface area contributed by atoms with E-state index in [0.717, 1.165) is 13.1 Å². The molecule has 2 heterocycles. The molecule has 0 saturated carbocycles. The van der Waals surface area contributed by atoms with Crippen LogP contribution >= 0.6 is 15.9 Å². The molecule has 0 radical (unpaired) electrons. The van der Waals surface area contributed by atoms with Gasteiger partial charge in [0.15, 0.2) is 0 Å². The largest absolute Gasteiger partial charge is 0.362 e. The number of aromatic nitrogens is 1. The fourth-order valence-electron chi connectivity index (χ4n) is 2.37. The number of pyridine rings is 1. The first kappa shape index (κ1) is 13.2. The minimum absolute atomic E-state index is 0.0469. The van der Waals surface area contributed by atoms with E-state index < -0.39 is 0 Å². The second-order valence-electron chi connectivity index (χ2n) is 4.62. The van der Waals surface area contributed by atoms with Gasteiger partial charge in [-0.1, -0.05) is 0 Å². The lowest BCUT2D eigenvalue weighted by atomic mass is 10.1. The van der Waals surface area contributed by atoms with Crippen LogP contribution in [-0.2, 0) is 0 Å². The van der Waals surface area contributed by atoms with E-state index in [1.54, 1.807) is 6.20 Å². The summed E-state index contributed by atoms with van der Waals surface area (Å²) in [6.07, 6.45) is 2.90. The molecule has 6 nitrogen and oxygen atoms in total. The third kappa shape index (κ3) is 2.62. The Balaban J connectivity index is 2.40. The molecule has 1 aliphatic heterocycles. The standard InChI is InChI=1S/C11H15BrN4O2/c1-7-5-15(6-8(2)14-7)11-9(12)3-13-4-10(11)16(17)18/h3-4,7-8,14H,5-6H2,1-2H3. The van der Waals surface area contributed by atoms with Crippen LogP contribution < -0.4 is 10.2 Å². The van der Waals surface area contributed by atoms with E-state index in [9.17, 15) is 10.1 Å². The van der Waals surface area contributed by atoms with Crippen LogP contribution in [0.2, 0.25) is 0 Å². The summed E-state index contributed by atoms with van der Waals surface area (Å²) in [6, 6.07) is 0.599. The molecular weight excluding hydrogens is 300 g/mol. The minimum Gasteiger partial charge on any atom is -0.362 e. The van der Waals surface area contributed by atoms with Crippen molar-refractivity contribution < 1.29 is 4.92 Å². The van der Waals surface area contributed by atoms with Gasteiger partial charge in [-0.2, -0.15) is 0 Å². The van der Waals surface area contributed by atoms with Gasteiger partial charge in [0.05, 0.1) is 9.40 Å². The van der Waals surface area contributed by atoms with Gasteiger partial charge in [0.1, 0.15) is 11.9 Å². The molecule has 98 valence electrons. The maximum absolute atomic E-state index is 11.1. The fourth-order valence-corrected chi connectivity index (χ4v) is 2.95. The number of hydrogen-bond donors (Lipinski definition) is 1. The Morgan fingerprint density at radius 2 is 2.06 bits per heavy atom. The number of anilines is 1. The number of nitrogens with one attached hydrogen (secondary N) is 1. The third-order valence-corrected chi connectivity index (χ3v) is 3.50. The molecule has 1 aromatic heterocycles. The van der Waals surface area contributed by atoms with Crippen LogP contribution in [0.15, 0.2) is 16.9 Å². The normalized spacial score (nSPS) is 24.1. The maximum atomic E-state index is 11.1. The quantitative estimate of drug-likeness (QED) is 0.667. The van der Waals surface area contributed by atoms with Crippen molar-refractivity contribution in [1.82, 2.24) is 10.3 Å². The Bertz CT molecular complexity index is 458. The molecule has 1 aliphatic rings. The van der Waals surface area contributed by atoms with Crippen molar-refractivity contribution in [1.29, 1.82) is 0 Å². The van der Waals surface area contributed by atoms with Gasteiger partial charge in [0.25, 0.3) is 0 Å². The van der Waals surface area contributed by atoms with Gasteiger partial charge >= 0.3 is 5.69 Å². The van der Waals surface area contributed by atoms with E-state index >= 15 is 0 Å². The van der Waals surface area contributed by atoms with Gasteiger partial charge in [0, 0.05) is 31.4 Å². The van der Waals surface area contributed by atoms with E-state index in [1.807, 2.05) is 4.90 Å². The van der Waals surface area contributed by atoms with Gasteiger partial charge in [-0.05, 0) is 29.8 Å². The first-order valence-electron chi connectivity index (χ1n) is 5.78. The lowest BCUT2D eigenvalue weighted by Gasteiger charge is -2.37. The molecule has 1 aromatic rings. The van der Waals surface area contributed by atoms with E-state index in [1.165, 1.54) is 6.20 Å². The van der Waals surface area contributed by atoms with Gasteiger partial charge in [-0.15, -0.1) is 0 Å². The highest BCUT2D eigenvalue weighted by molar-refractivity contribution is 9.10. The highest BCUT2D eigenvalue weighted by Crippen LogP contribution is 2.35. The van der Waals surface area contributed by atoms with Gasteiger partial charge in [0.2, 0.25) is 0 Å². The summed E-state index contributed by atoms with van der Waals surface area (Å²) < 4.78 is 0.665. The van der Waals surface area contributed by atoms with E-state index in [0.29, 0.717) is 22.2 Å². The average molecular weight is 315 g/mol. The Kier molecular flexibility index (Phi) is 3.82. The van der Waals surface area contributed by atoms with Gasteiger partial charge < -0.3 is 10.2 Å². The molecule has 0 amide bonds. The Hall–Kier alpha value is -1.21. The Labute approximate surface area is 114 Å². The van der Waals surface area contributed by atoms with Crippen molar-refractivity contribution in [2.24, 2.45) is 0 Å².